The minimum atomic E-state index is -0.0177. The molecular formula is C17H23ClN4OS2. The molecular weight excluding hydrogens is 376 g/mol. The van der Waals surface area contributed by atoms with E-state index in [0.29, 0.717) is 10.8 Å². The van der Waals surface area contributed by atoms with Crippen LogP contribution in [0.1, 0.15) is 6.92 Å². The first-order valence-electron chi connectivity index (χ1n) is 8.52. The van der Waals surface area contributed by atoms with Gasteiger partial charge in [0.25, 0.3) is 0 Å². The van der Waals surface area contributed by atoms with Gasteiger partial charge in [-0.25, -0.2) is 0 Å². The fourth-order valence-corrected chi connectivity index (χ4v) is 4.89. The molecule has 2 heterocycles. The number of nitrogens with one attached hydrogen (secondary N) is 1. The predicted molar refractivity (Wildman–Crippen MR) is 112 cm³/mol. The van der Waals surface area contributed by atoms with Gasteiger partial charge in [0, 0.05) is 37.0 Å². The number of likely N-dealkylation sites (N-methyl/N-ethyl adjacent to an activating group) is 1. The van der Waals surface area contributed by atoms with Crippen LogP contribution in [0.25, 0.3) is 0 Å². The highest BCUT2D eigenvalue weighted by molar-refractivity contribution is 8.39. The van der Waals surface area contributed by atoms with Crippen molar-refractivity contribution in [3.8, 4) is 0 Å². The number of nitrogens with zero attached hydrogens (tertiary/aromatic N) is 3. The first-order chi connectivity index (χ1) is 12.2. The Hall–Kier alpha value is -0.890. The fourth-order valence-electron chi connectivity index (χ4n) is 2.91. The van der Waals surface area contributed by atoms with Crippen molar-refractivity contribution < 1.29 is 4.79 Å². The van der Waals surface area contributed by atoms with Crippen molar-refractivity contribution in [2.45, 2.75) is 6.92 Å². The third-order valence-corrected chi connectivity index (χ3v) is 6.76. The molecule has 1 saturated heterocycles. The highest BCUT2D eigenvalue weighted by Gasteiger charge is 2.19. The minimum absolute atomic E-state index is 0.0177. The zero-order valence-corrected chi connectivity index (χ0v) is 16.7. The summed E-state index contributed by atoms with van der Waals surface area (Å²) in [4.78, 5) is 21.5. The number of thioether (sulfide) groups is 2. The van der Waals surface area contributed by atoms with Crippen molar-refractivity contribution in [2.24, 2.45) is 4.99 Å². The Kier molecular flexibility index (Phi) is 6.92. The molecule has 1 N–H and O–H groups in total. The second kappa shape index (κ2) is 9.16. The maximum atomic E-state index is 12.3. The van der Waals surface area contributed by atoms with Crippen LogP contribution in [0, 0.1) is 0 Å². The molecule has 0 aromatic heterocycles. The van der Waals surface area contributed by atoms with Crippen LogP contribution in [0.2, 0.25) is 5.02 Å². The van der Waals surface area contributed by atoms with Gasteiger partial charge in [0.1, 0.15) is 4.38 Å². The lowest BCUT2D eigenvalue weighted by Gasteiger charge is -2.36. The second-order valence-electron chi connectivity index (χ2n) is 5.92. The van der Waals surface area contributed by atoms with Gasteiger partial charge in [0.2, 0.25) is 5.91 Å². The highest BCUT2D eigenvalue weighted by atomic mass is 35.5. The van der Waals surface area contributed by atoms with E-state index in [0.717, 1.165) is 60.8 Å². The van der Waals surface area contributed by atoms with E-state index in [2.05, 4.69) is 27.0 Å². The van der Waals surface area contributed by atoms with Crippen molar-refractivity contribution >= 4 is 56.8 Å². The minimum Gasteiger partial charge on any atom is -0.367 e. The Morgan fingerprint density at radius 3 is 2.84 bits per heavy atom. The van der Waals surface area contributed by atoms with Gasteiger partial charge in [-0.1, -0.05) is 42.0 Å². The molecule has 0 radical (unpaired) electrons. The molecule has 0 spiro atoms. The van der Waals surface area contributed by atoms with Gasteiger partial charge < -0.3 is 15.1 Å². The third kappa shape index (κ3) is 5.29. The summed E-state index contributed by atoms with van der Waals surface area (Å²) < 4.78 is 1.01. The number of amides is 1. The number of piperazine rings is 1. The molecule has 2 aliphatic heterocycles. The molecule has 0 unspecified atom stereocenters. The van der Waals surface area contributed by atoms with Gasteiger partial charge >= 0.3 is 0 Å². The number of carbonyl (C=O) groups excluding carboxylic acids is 1. The van der Waals surface area contributed by atoms with Crippen LogP contribution in [-0.4, -0.2) is 66.0 Å². The van der Waals surface area contributed by atoms with E-state index in [1.165, 1.54) is 11.8 Å². The summed E-state index contributed by atoms with van der Waals surface area (Å²) in [5.74, 6) is 1.38. The molecule has 1 aromatic rings. The van der Waals surface area contributed by atoms with E-state index in [1.807, 2.05) is 18.2 Å². The molecule has 2 aliphatic rings. The quantitative estimate of drug-likeness (QED) is 0.824. The van der Waals surface area contributed by atoms with E-state index in [1.54, 1.807) is 11.8 Å². The summed E-state index contributed by atoms with van der Waals surface area (Å²) in [6.07, 6.45) is 0. The van der Waals surface area contributed by atoms with Crippen molar-refractivity contribution in [3.05, 3.63) is 23.2 Å². The Bertz CT molecular complexity index is 648. The van der Waals surface area contributed by atoms with Crippen LogP contribution in [-0.2, 0) is 4.79 Å². The average Bonchev–Trinajstić information content (AvgIpc) is 3.14. The molecule has 0 bridgehead atoms. The fraction of sp³-hybridized carbons (Fsp3) is 0.529. The molecule has 0 atom stereocenters. The lowest BCUT2D eigenvalue weighted by atomic mass is 10.2. The summed E-state index contributed by atoms with van der Waals surface area (Å²) in [5.41, 5.74) is 1.84. The van der Waals surface area contributed by atoms with Crippen LogP contribution in [0.4, 0.5) is 11.4 Å². The van der Waals surface area contributed by atoms with Gasteiger partial charge in [-0.2, -0.15) is 0 Å². The van der Waals surface area contributed by atoms with Gasteiger partial charge in [0.05, 0.1) is 23.7 Å². The van der Waals surface area contributed by atoms with Crippen LogP contribution in [0.5, 0.6) is 0 Å². The number of anilines is 2. The Balaban J connectivity index is 1.63. The molecule has 1 amide bonds. The predicted octanol–water partition coefficient (Wildman–Crippen LogP) is 3.26. The molecule has 0 aliphatic carbocycles. The van der Waals surface area contributed by atoms with E-state index < -0.39 is 0 Å². The second-order valence-corrected chi connectivity index (χ2v) is 8.66. The molecule has 1 aromatic carbocycles. The number of hydrogen-bond donors (Lipinski definition) is 1. The Morgan fingerprint density at radius 1 is 1.36 bits per heavy atom. The maximum Gasteiger partial charge on any atom is 0.234 e. The summed E-state index contributed by atoms with van der Waals surface area (Å²) in [6, 6.07) is 5.73. The molecule has 1 fully saturated rings. The van der Waals surface area contributed by atoms with Crippen molar-refractivity contribution in [1.82, 2.24) is 4.90 Å². The van der Waals surface area contributed by atoms with Crippen LogP contribution >= 0.6 is 35.1 Å². The van der Waals surface area contributed by atoms with E-state index in [9.17, 15) is 4.79 Å². The van der Waals surface area contributed by atoms with Gasteiger partial charge in [-0.05, 0) is 24.7 Å². The van der Waals surface area contributed by atoms with Crippen LogP contribution < -0.4 is 10.2 Å². The molecule has 136 valence electrons. The summed E-state index contributed by atoms with van der Waals surface area (Å²) in [6.45, 7) is 8.13. The lowest BCUT2D eigenvalue weighted by molar-refractivity contribution is -0.113. The smallest absolute Gasteiger partial charge is 0.234 e. The van der Waals surface area contributed by atoms with Crippen molar-refractivity contribution in [2.75, 3.05) is 61.0 Å². The monoisotopic (exact) mass is 398 g/mol. The molecule has 25 heavy (non-hydrogen) atoms. The molecule has 5 nitrogen and oxygen atoms in total. The average molecular weight is 399 g/mol. The van der Waals surface area contributed by atoms with E-state index in [-0.39, 0.29) is 5.91 Å². The number of halogens is 1. The van der Waals surface area contributed by atoms with Crippen LogP contribution in [0.3, 0.4) is 0 Å². The Labute approximate surface area is 162 Å². The number of aliphatic imine (C=N–C) groups is 1. The molecule has 3 rings (SSSR count). The molecule has 0 saturated carbocycles. The lowest BCUT2D eigenvalue weighted by Crippen LogP contribution is -2.46. The number of carbonyl (C=O) groups is 1. The maximum absolute atomic E-state index is 12.3. The zero-order chi connectivity index (χ0) is 17.6. The SMILES string of the molecule is CCN1CCN(c2ccc(Cl)cc2NC(=O)CSC2=NCCS2)CC1. The zero-order valence-electron chi connectivity index (χ0n) is 14.3. The normalized spacial score (nSPS) is 18.3. The largest absolute Gasteiger partial charge is 0.367 e. The third-order valence-electron chi connectivity index (χ3n) is 4.28. The van der Waals surface area contributed by atoms with E-state index in [4.69, 9.17) is 11.6 Å². The van der Waals surface area contributed by atoms with Crippen molar-refractivity contribution in [1.29, 1.82) is 0 Å². The highest BCUT2D eigenvalue weighted by Crippen LogP contribution is 2.30. The van der Waals surface area contributed by atoms with Crippen molar-refractivity contribution in [3.63, 3.8) is 0 Å². The number of hydrogen-bond acceptors (Lipinski definition) is 6. The standard InChI is InChI=1S/C17H23ClN4OS2/c1-2-21-6-8-22(9-7-21)15-4-3-13(18)11-14(15)20-16(23)12-25-17-19-5-10-24-17/h3-4,11H,2,5-10,12H2,1H3,(H,20,23). The van der Waals surface area contributed by atoms with Gasteiger partial charge in [-0.15, -0.1) is 0 Å². The Morgan fingerprint density at radius 2 is 2.16 bits per heavy atom. The molecule has 8 heteroatoms. The van der Waals surface area contributed by atoms with Gasteiger partial charge in [0.15, 0.2) is 0 Å². The number of rotatable bonds is 5. The number of benzene rings is 1. The summed E-state index contributed by atoms with van der Waals surface area (Å²) in [7, 11) is 0. The topological polar surface area (TPSA) is 47.9 Å². The van der Waals surface area contributed by atoms with Gasteiger partial charge in [-0.3, -0.25) is 9.79 Å². The first kappa shape index (κ1) is 18.9. The van der Waals surface area contributed by atoms with E-state index >= 15 is 0 Å². The van der Waals surface area contributed by atoms with Crippen LogP contribution in [0.15, 0.2) is 23.2 Å². The first-order valence-corrected chi connectivity index (χ1v) is 10.9. The summed E-state index contributed by atoms with van der Waals surface area (Å²) >= 11 is 9.39. The summed E-state index contributed by atoms with van der Waals surface area (Å²) in [5, 5.41) is 3.67.